The monoisotopic (exact) mass is 809 g/mol. The molecule has 10 aromatic rings. The first-order valence-corrected chi connectivity index (χ1v) is 23.4. The van der Waals surface area contributed by atoms with Crippen LogP contribution in [0, 0.1) is 0 Å². The molecule has 3 heterocycles. The van der Waals surface area contributed by atoms with Gasteiger partial charge in [-0.15, -0.1) is 0 Å². The van der Waals surface area contributed by atoms with Gasteiger partial charge in [0.15, 0.2) is 0 Å². The van der Waals surface area contributed by atoms with Crippen molar-refractivity contribution in [1.29, 1.82) is 0 Å². The van der Waals surface area contributed by atoms with Crippen molar-refractivity contribution in [3.63, 3.8) is 0 Å². The lowest BCUT2D eigenvalue weighted by Crippen LogP contribution is -2.64. The molecule has 0 bridgehead atoms. The first kappa shape index (κ1) is 35.3. The van der Waals surface area contributed by atoms with Gasteiger partial charge in [-0.25, -0.2) is 0 Å². The van der Waals surface area contributed by atoms with Gasteiger partial charge >= 0.3 is 0 Å². The largest absolute Gasteiger partial charge is 0.311 e. The van der Waals surface area contributed by atoms with Gasteiger partial charge in [-0.1, -0.05) is 127 Å². The summed E-state index contributed by atoms with van der Waals surface area (Å²) in [5.41, 5.74) is 14.7. The molecule has 0 fully saturated rings. The molecule has 0 N–H and O–H groups in total. The normalized spacial score (nSPS) is 14.4. The van der Waals surface area contributed by atoms with Crippen LogP contribution in [0.3, 0.4) is 0 Å². The molecule has 0 aromatic heterocycles. The maximum atomic E-state index is 2.58. The lowest BCUT2D eigenvalue weighted by atomic mass is 9.33. The van der Waals surface area contributed by atoms with Crippen molar-refractivity contribution < 1.29 is 0 Å². The average molecular weight is 810 g/mol. The standard InChI is InChI=1S/C57H40BN3S/c1-62(48-25-9-4-10-26-48)53-29-15-27-49-56(53)58-55-51(60(49)45-33-31-39-17-11-13-19-41(39)35-45)37-47(59(43-21-5-2-6-22-43)44-23-7-3-8-24-44)38-52(55)61(50-28-16-30-54(62)57(50)58)46-34-32-40-18-12-14-20-42(40)36-46/h2-38H,1H3. The second-order valence-corrected chi connectivity index (χ2v) is 19.9. The van der Waals surface area contributed by atoms with Gasteiger partial charge in [0.25, 0.3) is 6.71 Å². The lowest BCUT2D eigenvalue weighted by molar-refractivity contribution is 1.20. The summed E-state index contributed by atoms with van der Waals surface area (Å²) >= 11 is 0. The second-order valence-electron chi connectivity index (χ2n) is 16.7. The molecule has 62 heavy (non-hydrogen) atoms. The summed E-state index contributed by atoms with van der Waals surface area (Å²) in [4.78, 5) is 11.8. The minimum absolute atomic E-state index is 0.0334. The minimum Gasteiger partial charge on any atom is -0.311 e. The SMILES string of the molecule is CS1(c2ccccc2)c2cccc3c2B2c4c(cc(N(c5ccccc5)c5ccccc5)cc4N(c4ccc5ccccc5c4)c4cccc1c42)N3c1ccc2ccccc2c1. The number of rotatable bonds is 6. The Labute approximate surface area is 364 Å². The summed E-state index contributed by atoms with van der Waals surface area (Å²) in [7, 11) is -1.70. The Hall–Kier alpha value is -7.47. The smallest absolute Gasteiger partial charge is 0.254 e. The third-order valence-corrected chi connectivity index (χ3v) is 17.1. The molecule has 13 rings (SSSR count). The first-order valence-electron chi connectivity index (χ1n) is 21.4. The molecule has 5 heteroatoms. The van der Waals surface area contributed by atoms with Crippen LogP contribution in [-0.4, -0.2) is 13.0 Å². The molecule has 10 aromatic carbocycles. The summed E-state index contributed by atoms with van der Waals surface area (Å²) in [5, 5.41) is 4.92. The van der Waals surface area contributed by atoms with E-state index >= 15 is 0 Å². The number of benzene rings is 10. The Morgan fingerprint density at radius 2 is 0.790 bits per heavy atom. The molecule has 3 aliphatic heterocycles. The fourth-order valence-corrected chi connectivity index (χ4v) is 14.2. The number of fused-ring (bicyclic) bond motifs is 2. The molecule has 0 unspecified atom stereocenters. The number of para-hydroxylation sites is 2. The van der Waals surface area contributed by atoms with E-state index in [4.69, 9.17) is 0 Å². The van der Waals surface area contributed by atoms with Crippen molar-refractivity contribution in [3.05, 3.63) is 224 Å². The molecule has 0 amide bonds. The van der Waals surface area contributed by atoms with Crippen LogP contribution >= 0.6 is 10.0 Å². The van der Waals surface area contributed by atoms with Crippen molar-refractivity contribution in [2.24, 2.45) is 0 Å². The van der Waals surface area contributed by atoms with Gasteiger partial charge in [-0.3, -0.25) is 0 Å². The van der Waals surface area contributed by atoms with E-state index in [0.29, 0.717) is 0 Å². The molecule has 0 atom stereocenters. The van der Waals surface area contributed by atoms with Crippen LogP contribution in [0.2, 0.25) is 0 Å². The third-order valence-electron chi connectivity index (χ3n) is 13.4. The van der Waals surface area contributed by atoms with Gasteiger partial charge in [0.05, 0.1) is 5.69 Å². The average Bonchev–Trinajstić information content (AvgIpc) is 3.33. The van der Waals surface area contributed by atoms with Crippen LogP contribution in [0.25, 0.3) is 21.5 Å². The highest BCUT2D eigenvalue weighted by Gasteiger charge is 2.51. The molecule has 3 nitrogen and oxygen atoms in total. The minimum atomic E-state index is -1.70. The maximum Gasteiger partial charge on any atom is 0.254 e. The van der Waals surface area contributed by atoms with E-state index in [-0.39, 0.29) is 6.71 Å². The lowest BCUT2D eigenvalue weighted by Gasteiger charge is -2.53. The van der Waals surface area contributed by atoms with Crippen LogP contribution in [0.1, 0.15) is 0 Å². The molecule has 292 valence electrons. The Bertz CT molecular complexity index is 3210. The summed E-state index contributed by atoms with van der Waals surface area (Å²) in [6.07, 6.45) is 2.54. The van der Waals surface area contributed by atoms with Crippen LogP contribution in [0.15, 0.2) is 239 Å². The van der Waals surface area contributed by atoms with Crippen molar-refractivity contribution in [2.75, 3.05) is 21.0 Å². The Balaban J connectivity index is 1.19. The first-order chi connectivity index (χ1) is 30.6. The molecule has 0 spiro atoms. The highest BCUT2D eigenvalue weighted by Crippen LogP contribution is 2.68. The van der Waals surface area contributed by atoms with Gasteiger partial charge in [0.1, 0.15) is 0 Å². The van der Waals surface area contributed by atoms with E-state index in [0.717, 1.165) is 28.4 Å². The third kappa shape index (κ3) is 5.03. The molecular weight excluding hydrogens is 770 g/mol. The van der Waals surface area contributed by atoms with Crippen molar-refractivity contribution >= 4 is 106 Å². The van der Waals surface area contributed by atoms with E-state index < -0.39 is 10.0 Å². The zero-order chi connectivity index (χ0) is 40.9. The van der Waals surface area contributed by atoms with Crippen LogP contribution in [0.4, 0.5) is 51.2 Å². The summed E-state index contributed by atoms with van der Waals surface area (Å²) < 4.78 is 0. The Kier molecular flexibility index (Phi) is 7.70. The van der Waals surface area contributed by atoms with Gasteiger partial charge in [0, 0.05) is 45.5 Å². The molecule has 0 saturated heterocycles. The van der Waals surface area contributed by atoms with Crippen molar-refractivity contribution in [1.82, 2.24) is 0 Å². The maximum absolute atomic E-state index is 2.58. The van der Waals surface area contributed by atoms with E-state index in [2.05, 4.69) is 245 Å². The summed E-state index contributed by atoms with van der Waals surface area (Å²) in [6.45, 7) is 0.0334. The summed E-state index contributed by atoms with van der Waals surface area (Å²) in [6, 6.07) is 83.6. The molecule has 3 aliphatic rings. The van der Waals surface area contributed by atoms with Gasteiger partial charge in [-0.2, -0.15) is 10.0 Å². The number of nitrogens with zero attached hydrogens (tertiary/aromatic N) is 3. The van der Waals surface area contributed by atoms with E-state index in [1.807, 2.05) is 0 Å². The van der Waals surface area contributed by atoms with E-state index in [1.165, 1.54) is 75.4 Å². The van der Waals surface area contributed by atoms with Crippen LogP contribution < -0.4 is 31.1 Å². The fraction of sp³-hybridized carbons (Fsp3) is 0.0175. The van der Waals surface area contributed by atoms with Crippen molar-refractivity contribution in [3.8, 4) is 0 Å². The predicted molar refractivity (Wildman–Crippen MR) is 265 cm³/mol. The van der Waals surface area contributed by atoms with Gasteiger partial charge < -0.3 is 14.7 Å². The van der Waals surface area contributed by atoms with Crippen LogP contribution in [-0.2, 0) is 0 Å². The molecule has 0 saturated carbocycles. The number of hydrogen-bond acceptors (Lipinski definition) is 3. The Morgan fingerprint density at radius 3 is 1.27 bits per heavy atom. The Morgan fingerprint density at radius 1 is 0.355 bits per heavy atom. The zero-order valence-corrected chi connectivity index (χ0v) is 35.0. The quantitative estimate of drug-likeness (QED) is 0.155. The second kappa shape index (κ2) is 13.5. The van der Waals surface area contributed by atoms with Gasteiger partial charge in [-0.05, 0) is 156 Å². The van der Waals surface area contributed by atoms with Crippen molar-refractivity contribution in [2.45, 2.75) is 14.7 Å². The number of anilines is 9. The van der Waals surface area contributed by atoms with E-state index in [1.54, 1.807) is 0 Å². The van der Waals surface area contributed by atoms with Crippen LogP contribution in [0.5, 0.6) is 0 Å². The van der Waals surface area contributed by atoms with E-state index in [9.17, 15) is 0 Å². The topological polar surface area (TPSA) is 9.72 Å². The molecular formula is C57H40BN3S. The molecule has 0 aliphatic carbocycles. The highest BCUT2D eigenvalue weighted by atomic mass is 32.3. The van der Waals surface area contributed by atoms with Gasteiger partial charge in [0.2, 0.25) is 0 Å². The summed E-state index contributed by atoms with van der Waals surface area (Å²) in [5.74, 6) is 0. The predicted octanol–water partition coefficient (Wildman–Crippen LogP) is 13.8. The fourth-order valence-electron chi connectivity index (χ4n) is 10.7. The zero-order valence-electron chi connectivity index (χ0n) is 34.2. The number of hydrogen-bond donors (Lipinski definition) is 0. The highest BCUT2D eigenvalue weighted by molar-refractivity contribution is 8.33. The molecule has 0 radical (unpaired) electrons.